The van der Waals surface area contributed by atoms with Crippen molar-refractivity contribution in [2.45, 2.75) is 19.4 Å². The molecule has 0 saturated carbocycles. The SMILES string of the molecule is C[C@H]1Cc2[nH]c(C(=O)O)cc2[C@H]1O. The first kappa shape index (κ1) is 8.31. The molecule has 2 atom stereocenters. The quantitative estimate of drug-likeness (QED) is 0.603. The second kappa shape index (κ2) is 2.60. The number of aromatic amines is 1. The first-order valence-electron chi connectivity index (χ1n) is 4.22. The summed E-state index contributed by atoms with van der Waals surface area (Å²) < 4.78 is 0. The smallest absolute Gasteiger partial charge is 0.352 e. The van der Waals surface area contributed by atoms with Crippen molar-refractivity contribution in [2.24, 2.45) is 5.92 Å². The van der Waals surface area contributed by atoms with Gasteiger partial charge in [-0.3, -0.25) is 0 Å². The molecule has 0 unspecified atom stereocenters. The van der Waals surface area contributed by atoms with Crippen molar-refractivity contribution in [3.05, 3.63) is 23.0 Å². The van der Waals surface area contributed by atoms with Gasteiger partial charge in [-0.25, -0.2) is 4.79 Å². The summed E-state index contributed by atoms with van der Waals surface area (Å²) in [6.07, 6.45) is 0.211. The van der Waals surface area contributed by atoms with Crippen LogP contribution in [0.1, 0.15) is 34.8 Å². The number of hydrogen-bond acceptors (Lipinski definition) is 2. The van der Waals surface area contributed by atoms with Gasteiger partial charge in [0.1, 0.15) is 5.69 Å². The van der Waals surface area contributed by atoms with Gasteiger partial charge in [-0.2, -0.15) is 0 Å². The first-order chi connectivity index (χ1) is 6.09. The summed E-state index contributed by atoms with van der Waals surface area (Å²) in [5.74, 6) is -0.793. The fourth-order valence-corrected chi connectivity index (χ4v) is 1.80. The molecule has 1 aliphatic carbocycles. The van der Waals surface area contributed by atoms with Crippen LogP contribution < -0.4 is 0 Å². The second-order valence-corrected chi connectivity index (χ2v) is 3.55. The van der Waals surface area contributed by atoms with E-state index in [2.05, 4.69) is 4.98 Å². The highest BCUT2D eigenvalue weighted by atomic mass is 16.4. The number of aromatic carboxylic acids is 1. The molecule has 0 saturated heterocycles. The van der Waals surface area contributed by atoms with Crippen molar-refractivity contribution in [3.8, 4) is 0 Å². The molecule has 4 heteroatoms. The zero-order valence-corrected chi connectivity index (χ0v) is 7.24. The summed E-state index contributed by atoms with van der Waals surface area (Å²) in [7, 11) is 0. The van der Waals surface area contributed by atoms with Crippen LogP contribution in [0.3, 0.4) is 0 Å². The van der Waals surface area contributed by atoms with E-state index in [-0.39, 0.29) is 11.6 Å². The number of nitrogens with one attached hydrogen (secondary N) is 1. The number of aliphatic hydroxyl groups is 1. The number of fused-ring (bicyclic) bond motifs is 1. The lowest BCUT2D eigenvalue weighted by molar-refractivity contribution is 0.0690. The molecule has 13 heavy (non-hydrogen) atoms. The second-order valence-electron chi connectivity index (χ2n) is 3.55. The van der Waals surface area contributed by atoms with Crippen molar-refractivity contribution >= 4 is 5.97 Å². The molecule has 1 aromatic rings. The Bertz CT molecular complexity index is 356. The zero-order valence-electron chi connectivity index (χ0n) is 7.24. The first-order valence-corrected chi connectivity index (χ1v) is 4.22. The van der Waals surface area contributed by atoms with Gasteiger partial charge in [-0.15, -0.1) is 0 Å². The molecular weight excluding hydrogens is 170 g/mol. The minimum Gasteiger partial charge on any atom is -0.477 e. The third-order valence-corrected chi connectivity index (χ3v) is 2.55. The van der Waals surface area contributed by atoms with E-state index in [1.54, 1.807) is 0 Å². The monoisotopic (exact) mass is 181 g/mol. The molecule has 0 bridgehead atoms. The number of aliphatic hydroxyl groups excluding tert-OH is 1. The molecule has 1 aliphatic rings. The fraction of sp³-hybridized carbons (Fsp3) is 0.444. The molecule has 70 valence electrons. The normalized spacial score (nSPS) is 26.0. The van der Waals surface area contributed by atoms with Crippen LogP contribution in [0, 0.1) is 5.92 Å². The van der Waals surface area contributed by atoms with E-state index in [0.29, 0.717) is 0 Å². The van der Waals surface area contributed by atoms with E-state index in [1.807, 2.05) is 6.92 Å². The maximum Gasteiger partial charge on any atom is 0.352 e. The van der Waals surface area contributed by atoms with Gasteiger partial charge in [0.05, 0.1) is 6.10 Å². The summed E-state index contributed by atoms with van der Waals surface area (Å²) in [6, 6.07) is 1.52. The molecule has 2 rings (SSSR count). The van der Waals surface area contributed by atoms with Gasteiger partial charge in [-0.1, -0.05) is 6.92 Å². The van der Waals surface area contributed by atoms with Gasteiger partial charge >= 0.3 is 5.97 Å². The highest BCUT2D eigenvalue weighted by Crippen LogP contribution is 2.35. The summed E-state index contributed by atoms with van der Waals surface area (Å²) in [5, 5.41) is 18.3. The average molecular weight is 181 g/mol. The summed E-state index contributed by atoms with van der Waals surface area (Å²) in [5.41, 5.74) is 1.76. The molecule has 0 amide bonds. The molecule has 1 aromatic heterocycles. The van der Waals surface area contributed by atoms with Gasteiger partial charge in [-0.05, 0) is 18.4 Å². The van der Waals surface area contributed by atoms with E-state index in [9.17, 15) is 9.90 Å². The molecule has 0 fully saturated rings. The van der Waals surface area contributed by atoms with Crippen molar-refractivity contribution in [1.82, 2.24) is 4.98 Å². The predicted octanol–water partition coefficient (Wildman–Crippen LogP) is 0.938. The molecule has 4 nitrogen and oxygen atoms in total. The largest absolute Gasteiger partial charge is 0.477 e. The Morgan fingerprint density at radius 2 is 2.38 bits per heavy atom. The molecule has 0 aliphatic heterocycles. The topological polar surface area (TPSA) is 73.3 Å². The number of H-pyrrole nitrogens is 1. The Labute approximate surface area is 75.2 Å². The fourth-order valence-electron chi connectivity index (χ4n) is 1.80. The highest BCUT2D eigenvalue weighted by Gasteiger charge is 2.30. The molecule has 3 N–H and O–H groups in total. The van der Waals surface area contributed by atoms with Crippen LogP contribution in [-0.4, -0.2) is 21.2 Å². The van der Waals surface area contributed by atoms with Crippen LogP contribution in [0.15, 0.2) is 6.07 Å². The van der Waals surface area contributed by atoms with Crippen LogP contribution in [0.2, 0.25) is 0 Å². The third kappa shape index (κ3) is 1.14. The number of hydrogen-bond donors (Lipinski definition) is 3. The van der Waals surface area contributed by atoms with E-state index in [4.69, 9.17) is 5.11 Å². The number of aromatic nitrogens is 1. The van der Waals surface area contributed by atoms with E-state index < -0.39 is 12.1 Å². The maximum absolute atomic E-state index is 10.6. The maximum atomic E-state index is 10.6. The summed E-state index contributed by atoms with van der Waals surface area (Å²) >= 11 is 0. The Morgan fingerprint density at radius 1 is 1.69 bits per heavy atom. The molecule has 1 heterocycles. The van der Waals surface area contributed by atoms with Gasteiger partial charge in [0.25, 0.3) is 0 Å². The van der Waals surface area contributed by atoms with Gasteiger partial charge in [0, 0.05) is 11.3 Å². The number of carboxylic acid groups (broad SMARTS) is 1. The minimum atomic E-state index is -0.978. The number of carboxylic acids is 1. The summed E-state index contributed by atoms with van der Waals surface area (Å²) in [6.45, 7) is 1.94. The van der Waals surface area contributed by atoms with Crippen LogP contribution >= 0.6 is 0 Å². The molecule has 0 aromatic carbocycles. The average Bonchev–Trinajstić information content (AvgIpc) is 2.55. The highest BCUT2D eigenvalue weighted by molar-refractivity contribution is 5.86. The molecule has 0 radical (unpaired) electrons. The van der Waals surface area contributed by atoms with Gasteiger partial charge < -0.3 is 15.2 Å². The standard InChI is InChI=1S/C9H11NO3/c1-4-2-6-5(8(4)11)3-7(10-6)9(12)13/h3-4,8,10-11H,2H2,1H3,(H,12,13)/t4-,8-/m0/s1. The van der Waals surface area contributed by atoms with E-state index in [0.717, 1.165) is 17.7 Å². The van der Waals surface area contributed by atoms with Crippen molar-refractivity contribution in [3.63, 3.8) is 0 Å². The molecule has 0 spiro atoms. The Morgan fingerprint density at radius 3 is 2.92 bits per heavy atom. The lowest BCUT2D eigenvalue weighted by Crippen LogP contribution is -2.03. The van der Waals surface area contributed by atoms with Crippen molar-refractivity contribution in [1.29, 1.82) is 0 Å². The number of carbonyl (C=O) groups is 1. The van der Waals surface area contributed by atoms with Crippen LogP contribution in [0.5, 0.6) is 0 Å². The zero-order chi connectivity index (χ0) is 9.59. The van der Waals surface area contributed by atoms with Gasteiger partial charge in [0.15, 0.2) is 0 Å². The van der Waals surface area contributed by atoms with Crippen LogP contribution in [0.25, 0.3) is 0 Å². The lowest BCUT2D eigenvalue weighted by atomic mass is 10.1. The lowest BCUT2D eigenvalue weighted by Gasteiger charge is -2.07. The van der Waals surface area contributed by atoms with E-state index >= 15 is 0 Å². The van der Waals surface area contributed by atoms with Gasteiger partial charge in [0.2, 0.25) is 0 Å². The Balaban J connectivity index is 2.40. The minimum absolute atomic E-state index is 0.163. The third-order valence-electron chi connectivity index (χ3n) is 2.55. The Hall–Kier alpha value is -1.29. The molecular formula is C9H11NO3. The number of rotatable bonds is 1. The predicted molar refractivity (Wildman–Crippen MR) is 45.6 cm³/mol. The van der Waals surface area contributed by atoms with Crippen LogP contribution in [0.4, 0.5) is 0 Å². The van der Waals surface area contributed by atoms with Crippen molar-refractivity contribution < 1.29 is 15.0 Å². The van der Waals surface area contributed by atoms with E-state index in [1.165, 1.54) is 6.07 Å². The van der Waals surface area contributed by atoms with Crippen molar-refractivity contribution in [2.75, 3.05) is 0 Å². The van der Waals surface area contributed by atoms with Crippen LogP contribution in [-0.2, 0) is 6.42 Å². The summed E-state index contributed by atoms with van der Waals surface area (Å²) in [4.78, 5) is 13.4. The Kier molecular flexibility index (Phi) is 1.66.